The standard InChI is InChI=1S/C28H34BN3/c1-18(2)21-13-11-14-22(19(3)4)27(21)29-31(7)25-17-10-12-20(5)26(25)28-30(6)23-15-8-9-16-24(23)32(28)29/h8-19,28H,1-7H3. The number of anilines is 3. The number of fused-ring (bicyclic) bond motifs is 5. The summed E-state index contributed by atoms with van der Waals surface area (Å²) < 4.78 is 0. The monoisotopic (exact) mass is 423 g/mol. The van der Waals surface area contributed by atoms with Crippen LogP contribution in [0.4, 0.5) is 17.1 Å². The molecule has 5 rings (SSSR count). The van der Waals surface area contributed by atoms with Crippen LogP contribution in [0.2, 0.25) is 0 Å². The van der Waals surface area contributed by atoms with Crippen molar-refractivity contribution in [1.82, 2.24) is 0 Å². The Morgan fingerprint density at radius 2 is 1.28 bits per heavy atom. The van der Waals surface area contributed by atoms with Gasteiger partial charge < -0.3 is 14.5 Å². The lowest BCUT2D eigenvalue weighted by atomic mass is 9.56. The molecule has 0 bridgehead atoms. The smallest absolute Gasteiger partial charge is 0.394 e. The second-order valence-corrected chi connectivity index (χ2v) is 10.0. The highest BCUT2D eigenvalue weighted by Gasteiger charge is 2.50. The van der Waals surface area contributed by atoms with Crippen LogP contribution in [0.15, 0.2) is 60.7 Å². The zero-order valence-electron chi connectivity index (χ0n) is 20.4. The van der Waals surface area contributed by atoms with Crippen LogP contribution in [0.5, 0.6) is 0 Å². The summed E-state index contributed by atoms with van der Waals surface area (Å²) in [5.74, 6) is 0.926. The predicted octanol–water partition coefficient (Wildman–Crippen LogP) is 6.04. The highest BCUT2D eigenvalue weighted by molar-refractivity contribution is 6.81. The maximum atomic E-state index is 2.66. The van der Waals surface area contributed by atoms with Crippen molar-refractivity contribution >= 4 is 29.5 Å². The van der Waals surface area contributed by atoms with Crippen LogP contribution in [0, 0.1) is 6.92 Å². The number of benzene rings is 3. The Kier molecular flexibility index (Phi) is 5.00. The number of nitrogens with zero attached hydrogens (tertiary/aromatic N) is 3. The average Bonchev–Trinajstić information content (AvgIpc) is 3.06. The fourth-order valence-corrected chi connectivity index (χ4v) is 5.90. The van der Waals surface area contributed by atoms with Crippen molar-refractivity contribution in [3.8, 4) is 0 Å². The molecule has 0 N–H and O–H groups in total. The van der Waals surface area contributed by atoms with Crippen molar-refractivity contribution in [1.29, 1.82) is 0 Å². The van der Waals surface area contributed by atoms with Crippen LogP contribution in [0.25, 0.3) is 0 Å². The quantitative estimate of drug-likeness (QED) is 0.476. The average molecular weight is 423 g/mol. The molecule has 4 heteroatoms. The minimum absolute atomic E-state index is 0.136. The number of para-hydroxylation sites is 2. The van der Waals surface area contributed by atoms with E-state index in [-0.39, 0.29) is 13.1 Å². The fraction of sp³-hybridized carbons (Fsp3) is 0.357. The van der Waals surface area contributed by atoms with Crippen LogP contribution in [-0.4, -0.2) is 21.1 Å². The maximum Gasteiger partial charge on any atom is 0.413 e. The lowest BCUT2D eigenvalue weighted by Gasteiger charge is -2.48. The summed E-state index contributed by atoms with van der Waals surface area (Å²) in [6.45, 7) is 11.7. The molecule has 32 heavy (non-hydrogen) atoms. The van der Waals surface area contributed by atoms with Crippen molar-refractivity contribution in [2.75, 3.05) is 28.6 Å². The number of aryl methyl sites for hydroxylation is 1. The van der Waals surface area contributed by atoms with E-state index in [1.54, 1.807) is 0 Å². The van der Waals surface area contributed by atoms with Gasteiger partial charge in [0, 0.05) is 18.3 Å². The van der Waals surface area contributed by atoms with Gasteiger partial charge in [0.1, 0.15) is 6.17 Å². The Labute approximate surface area is 193 Å². The zero-order chi connectivity index (χ0) is 22.7. The summed E-state index contributed by atoms with van der Waals surface area (Å²) in [6.07, 6.45) is 0.185. The Balaban J connectivity index is 1.85. The second kappa shape index (κ2) is 7.62. The van der Waals surface area contributed by atoms with E-state index in [9.17, 15) is 0 Å². The van der Waals surface area contributed by atoms with E-state index in [0.29, 0.717) is 11.8 Å². The van der Waals surface area contributed by atoms with Crippen LogP contribution in [0.1, 0.15) is 68.0 Å². The molecular formula is C28H34BN3. The summed E-state index contributed by atoms with van der Waals surface area (Å²) in [7, 11) is 4.53. The van der Waals surface area contributed by atoms with E-state index in [4.69, 9.17) is 0 Å². The third kappa shape index (κ3) is 2.88. The summed E-state index contributed by atoms with van der Waals surface area (Å²) in [5.41, 5.74) is 11.1. The molecule has 0 saturated carbocycles. The van der Waals surface area contributed by atoms with Gasteiger partial charge in [-0.15, -0.1) is 0 Å². The van der Waals surface area contributed by atoms with Gasteiger partial charge in [-0.2, -0.15) is 0 Å². The molecule has 1 unspecified atom stereocenters. The van der Waals surface area contributed by atoms with Crippen molar-refractivity contribution in [2.45, 2.75) is 52.6 Å². The van der Waals surface area contributed by atoms with Gasteiger partial charge in [-0.3, -0.25) is 0 Å². The molecule has 0 aromatic heterocycles. The van der Waals surface area contributed by atoms with Gasteiger partial charge in [0.2, 0.25) is 0 Å². The van der Waals surface area contributed by atoms with E-state index in [1.165, 1.54) is 44.8 Å². The zero-order valence-corrected chi connectivity index (χ0v) is 20.4. The molecule has 2 aliphatic rings. The molecule has 0 radical (unpaired) electrons. The Morgan fingerprint density at radius 1 is 0.719 bits per heavy atom. The minimum Gasteiger partial charge on any atom is -0.394 e. The van der Waals surface area contributed by atoms with Crippen molar-refractivity contribution in [3.63, 3.8) is 0 Å². The van der Waals surface area contributed by atoms with Gasteiger partial charge in [0.15, 0.2) is 0 Å². The maximum absolute atomic E-state index is 2.66. The molecule has 0 aliphatic carbocycles. The van der Waals surface area contributed by atoms with Gasteiger partial charge in [-0.25, -0.2) is 0 Å². The molecule has 0 amide bonds. The lowest BCUT2D eigenvalue weighted by molar-refractivity contribution is 0.717. The molecule has 2 aliphatic heterocycles. The number of hydrogen-bond acceptors (Lipinski definition) is 3. The van der Waals surface area contributed by atoms with E-state index in [1.807, 2.05) is 0 Å². The molecule has 3 aromatic rings. The SMILES string of the molecule is Cc1cccc2c1C1N(C)c3ccccc3N1B(c1c(C(C)C)cccc1C(C)C)N2C. The van der Waals surface area contributed by atoms with Crippen molar-refractivity contribution < 1.29 is 0 Å². The third-order valence-corrected chi connectivity index (χ3v) is 7.42. The first-order valence-corrected chi connectivity index (χ1v) is 11.9. The summed E-state index contributed by atoms with van der Waals surface area (Å²) in [4.78, 5) is 7.65. The Hall–Kier alpha value is -2.88. The van der Waals surface area contributed by atoms with E-state index in [0.717, 1.165) is 0 Å². The normalized spacial score (nSPS) is 17.2. The molecule has 0 spiro atoms. The van der Waals surface area contributed by atoms with Gasteiger partial charge in [0.05, 0.1) is 11.4 Å². The highest BCUT2D eigenvalue weighted by Crippen LogP contribution is 2.51. The highest BCUT2D eigenvalue weighted by atomic mass is 15.4. The fourth-order valence-electron chi connectivity index (χ4n) is 5.90. The van der Waals surface area contributed by atoms with E-state index >= 15 is 0 Å². The van der Waals surface area contributed by atoms with Crippen LogP contribution >= 0.6 is 0 Å². The summed E-state index contributed by atoms with van der Waals surface area (Å²) in [6, 6.07) is 22.6. The van der Waals surface area contributed by atoms with Crippen molar-refractivity contribution in [3.05, 3.63) is 82.9 Å². The molecule has 0 saturated heterocycles. The largest absolute Gasteiger partial charge is 0.413 e. The third-order valence-electron chi connectivity index (χ3n) is 7.42. The topological polar surface area (TPSA) is 9.72 Å². The predicted molar refractivity (Wildman–Crippen MR) is 140 cm³/mol. The molecule has 0 fully saturated rings. The molecular weight excluding hydrogens is 389 g/mol. The van der Waals surface area contributed by atoms with Crippen molar-refractivity contribution in [2.24, 2.45) is 0 Å². The van der Waals surface area contributed by atoms with Crippen LogP contribution < -0.4 is 20.0 Å². The number of rotatable bonds is 3. The Bertz CT molecular complexity index is 1140. The van der Waals surface area contributed by atoms with Crippen LogP contribution in [-0.2, 0) is 0 Å². The summed E-state index contributed by atoms with van der Waals surface area (Å²) >= 11 is 0. The van der Waals surface area contributed by atoms with Gasteiger partial charge in [-0.1, -0.05) is 70.2 Å². The van der Waals surface area contributed by atoms with E-state index in [2.05, 4.69) is 124 Å². The summed E-state index contributed by atoms with van der Waals surface area (Å²) in [5, 5.41) is 0. The Morgan fingerprint density at radius 3 is 1.91 bits per heavy atom. The molecule has 2 heterocycles. The minimum atomic E-state index is 0.136. The van der Waals surface area contributed by atoms with E-state index < -0.39 is 0 Å². The molecule has 3 nitrogen and oxygen atoms in total. The second-order valence-electron chi connectivity index (χ2n) is 10.0. The first-order valence-electron chi connectivity index (χ1n) is 11.9. The van der Waals surface area contributed by atoms with Gasteiger partial charge in [-0.05, 0) is 66.2 Å². The first-order chi connectivity index (χ1) is 15.3. The number of hydrogen-bond donors (Lipinski definition) is 0. The first kappa shape index (κ1) is 21.0. The molecule has 1 atom stereocenters. The van der Waals surface area contributed by atoms with Gasteiger partial charge >= 0.3 is 6.98 Å². The van der Waals surface area contributed by atoms with Gasteiger partial charge in [0.25, 0.3) is 0 Å². The molecule has 164 valence electrons. The molecule has 3 aromatic carbocycles. The van der Waals surface area contributed by atoms with Crippen LogP contribution in [0.3, 0.4) is 0 Å². The lowest BCUT2D eigenvalue weighted by Crippen LogP contribution is -2.65.